The Morgan fingerprint density at radius 3 is 2.33 bits per heavy atom. The number of aromatic carboxylic acids is 1. The molecule has 1 fully saturated rings. The molecule has 0 heterocycles. The third-order valence-electron chi connectivity index (χ3n) is 4.88. The molecule has 1 saturated carbocycles. The van der Waals surface area contributed by atoms with E-state index in [9.17, 15) is 9.59 Å². The van der Waals surface area contributed by atoms with Crippen molar-refractivity contribution in [3.8, 4) is 0 Å². The van der Waals surface area contributed by atoms with Crippen molar-refractivity contribution in [1.29, 1.82) is 0 Å². The predicted molar refractivity (Wildman–Crippen MR) is 103 cm³/mol. The molecule has 0 spiro atoms. The summed E-state index contributed by atoms with van der Waals surface area (Å²) in [5, 5.41) is 11.9. The van der Waals surface area contributed by atoms with E-state index in [0.29, 0.717) is 13.0 Å². The van der Waals surface area contributed by atoms with E-state index < -0.39 is 12.1 Å². The molecule has 0 bridgehead atoms. The fourth-order valence-electron chi connectivity index (χ4n) is 3.37. The Balaban J connectivity index is 1.57. The van der Waals surface area contributed by atoms with E-state index in [1.807, 2.05) is 30.3 Å². The highest BCUT2D eigenvalue weighted by atomic mass is 16.5. The Bertz CT molecular complexity index is 752. The summed E-state index contributed by atoms with van der Waals surface area (Å²) in [4.78, 5) is 23.6. The summed E-state index contributed by atoms with van der Waals surface area (Å²) in [5.41, 5.74) is 2.11. The second-order valence-corrected chi connectivity index (χ2v) is 6.88. The number of carbonyl (C=O) groups excluding carboxylic acids is 1. The molecule has 2 aromatic carbocycles. The van der Waals surface area contributed by atoms with Gasteiger partial charge in [-0.2, -0.15) is 0 Å². The molecule has 142 valence electrons. The van der Waals surface area contributed by atoms with Gasteiger partial charge in [0.2, 0.25) is 0 Å². The zero-order valence-corrected chi connectivity index (χ0v) is 15.3. The van der Waals surface area contributed by atoms with Gasteiger partial charge in [0.05, 0.1) is 11.7 Å². The van der Waals surface area contributed by atoms with Crippen LogP contribution in [0.2, 0.25) is 0 Å². The van der Waals surface area contributed by atoms with Gasteiger partial charge in [0, 0.05) is 6.54 Å². The van der Waals surface area contributed by atoms with Gasteiger partial charge in [-0.25, -0.2) is 4.79 Å². The molecule has 3 rings (SSSR count). The van der Waals surface area contributed by atoms with Gasteiger partial charge in [-0.3, -0.25) is 4.79 Å². The lowest BCUT2D eigenvalue weighted by Crippen LogP contribution is -2.34. The van der Waals surface area contributed by atoms with Gasteiger partial charge in [-0.05, 0) is 42.5 Å². The van der Waals surface area contributed by atoms with E-state index in [1.165, 1.54) is 0 Å². The molecule has 0 radical (unpaired) electrons. The van der Waals surface area contributed by atoms with Gasteiger partial charge in [0.25, 0.3) is 5.91 Å². The molecule has 1 aliphatic rings. The van der Waals surface area contributed by atoms with E-state index in [1.54, 1.807) is 24.3 Å². The molecule has 0 saturated heterocycles. The average Bonchev–Trinajstić information content (AvgIpc) is 3.20. The smallest absolute Gasteiger partial charge is 0.335 e. The number of amides is 1. The second kappa shape index (κ2) is 9.33. The van der Waals surface area contributed by atoms with E-state index in [-0.39, 0.29) is 17.6 Å². The first-order valence-electron chi connectivity index (χ1n) is 9.44. The molecule has 0 aliphatic heterocycles. The Kier molecular flexibility index (Phi) is 6.60. The van der Waals surface area contributed by atoms with Crippen molar-refractivity contribution in [1.82, 2.24) is 5.32 Å². The highest BCUT2D eigenvalue weighted by molar-refractivity contribution is 5.87. The normalized spacial score (nSPS) is 15.4. The molecule has 0 unspecified atom stereocenters. The number of benzene rings is 2. The molecule has 1 amide bonds. The summed E-state index contributed by atoms with van der Waals surface area (Å²) in [6.07, 6.45) is 4.50. The van der Waals surface area contributed by atoms with Gasteiger partial charge in [0.1, 0.15) is 0 Å². The molecule has 27 heavy (non-hydrogen) atoms. The number of hydrogen-bond donors (Lipinski definition) is 2. The van der Waals surface area contributed by atoms with Crippen LogP contribution in [0.4, 0.5) is 0 Å². The minimum Gasteiger partial charge on any atom is -0.478 e. The van der Waals surface area contributed by atoms with Gasteiger partial charge in [0.15, 0.2) is 6.10 Å². The Morgan fingerprint density at radius 1 is 1.04 bits per heavy atom. The summed E-state index contributed by atoms with van der Waals surface area (Å²) >= 11 is 0. The van der Waals surface area contributed by atoms with E-state index in [0.717, 1.165) is 36.8 Å². The number of nitrogens with one attached hydrogen (secondary N) is 1. The number of ether oxygens (including phenoxy) is 1. The fraction of sp³-hybridized carbons (Fsp3) is 0.364. The lowest BCUT2D eigenvalue weighted by Gasteiger charge is -2.22. The van der Waals surface area contributed by atoms with Crippen molar-refractivity contribution in [3.05, 3.63) is 71.3 Å². The first kappa shape index (κ1) is 19.1. The van der Waals surface area contributed by atoms with Crippen molar-refractivity contribution in [2.24, 2.45) is 0 Å². The van der Waals surface area contributed by atoms with Crippen molar-refractivity contribution >= 4 is 11.9 Å². The molecule has 5 nitrogen and oxygen atoms in total. The zero-order chi connectivity index (χ0) is 19.1. The maximum absolute atomic E-state index is 12.8. The number of hydrogen-bond acceptors (Lipinski definition) is 3. The van der Waals surface area contributed by atoms with Crippen molar-refractivity contribution in [3.63, 3.8) is 0 Å². The monoisotopic (exact) mass is 367 g/mol. The lowest BCUT2D eigenvalue weighted by atomic mass is 10.1. The summed E-state index contributed by atoms with van der Waals surface area (Å²) < 4.78 is 6.13. The Morgan fingerprint density at radius 2 is 1.70 bits per heavy atom. The van der Waals surface area contributed by atoms with Crippen LogP contribution in [-0.4, -0.2) is 29.6 Å². The third kappa shape index (κ3) is 5.41. The summed E-state index contributed by atoms with van der Waals surface area (Å²) in [6.45, 7) is 0.475. The van der Waals surface area contributed by atoms with Crippen LogP contribution in [0, 0.1) is 0 Å². The van der Waals surface area contributed by atoms with Crippen LogP contribution in [0.1, 0.15) is 53.3 Å². The molecular weight excluding hydrogens is 342 g/mol. The largest absolute Gasteiger partial charge is 0.478 e. The fourth-order valence-corrected chi connectivity index (χ4v) is 3.37. The number of carbonyl (C=O) groups is 2. The highest BCUT2D eigenvalue weighted by Gasteiger charge is 2.26. The summed E-state index contributed by atoms with van der Waals surface area (Å²) in [7, 11) is 0. The molecule has 2 N–H and O–H groups in total. The van der Waals surface area contributed by atoms with Crippen molar-refractivity contribution in [2.45, 2.75) is 44.3 Å². The third-order valence-corrected chi connectivity index (χ3v) is 4.88. The Labute approximate surface area is 159 Å². The molecule has 5 heteroatoms. The van der Waals surface area contributed by atoms with Gasteiger partial charge in [-0.1, -0.05) is 55.3 Å². The quantitative estimate of drug-likeness (QED) is 0.745. The number of carboxylic acid groups (broad SMARTS) is 1. The Hall–Kier alpha value is -2.66. The molecule has 1 atom stereocenters. The standard InChI is InChI=1S/C22H25NO4/c24-21(23-15-14-16-10-12-18(13-11-16)22(25)26)20(17-6-2-1-3-7-17)27-19-8-4-5-9-19/h1-3,6-7,10-13,19-20H,4-5,8-9,14-15H2,(H,23,24)(H,25,26)/t20-/m1/s1. The molecule has 2 aromatic rings. The van der Waals surface area contributed by atoms with Crippen LogP contribution in [0.5, 0.6) is 0 Å². The number of carboxylic acids is 1. The first-order chi connectivity index (χ1) is 13.1. The van der Waals surface area contributed by atoms with E-state index in [4.69, 9.17) is 9.84 Å². The lowest BCUT2D eigenvalue weighted by molar-refractivity contribution is -0.137. The van der Waals surface area contributed by atoms with Gasteiger partial charge >= 0.3 is 5.97 Å². The topological polar surface area (TPSA) is 75.6 Å². The van der Waals surface area contributed by atoms with Gasteiger partial charge < -0.3 is 15.2 Å². The minimum absolute atomic E-state index is 0.129. The first-order valence-corrected chi connectivity index (χ1v) is 9.44. The van der Waals surface area contributed by atoms with Crippen molar-refractivity contribution in [2.75, 3.05) is 6.54 Å². The number of rotatable bonds is 8. The van der Waals surface area contributed by atoms with Crippen LogP contribution in [0.15, 0.2) is 54.6 Å². The van der Waals surface area contributed by atoms with Crippen LogP contribution < -0.4 is 5.32 Å². The summed E-state index contributed by atoms with van der Waals surface area (Å²) in [5.74, 6) is -1.07. The second-order valence-electron chi connectivity index (χ2n) is 6.88. The SMILES string of the molecule is O=C(O)c1ccc(CCNC(=O)[C@H](OC2CCCC2)c2ccccc2)cc1. The maximum Gasteiger partial charge on any atom is 0.335 e. The van der Waals surface area contributed by atoms with E-state index in [2.05, 4.69) is 5.32 Å². The average molecular weight is 367 g/mol. The highest BCUT2D eigenvalue weighted by Crippen LogP contribution is 2.28. The van der Waals surface area contributed by atoms with Crippen LogP contribution >= 0.6 is 0 Å². The molecule has 1 aliphatic carbocycles. The summed E-state index contributed by atoms with van der Waals surface area (Å²) in [6, 6.07) is 16.3. The van der Waals surface area contributed by atoms with Crippen LogP contribution in [0.25, 0.3) is 0 Å². The minimum atomic E-state index is -0.940. The van der Waals surface area contributed by atoms with Gasteiger partial charge in [-0.15, -0.1) is 0 Å². The maximum atomic E-state index is 12.8. The molecule has 0 aromatic heterocycles. The van der Waals surface area contributed by atoms with Crippen LogP contribution in [-0.2, 0) is 16.0 Å². The van der Waals surface area contributed by atoms with Crippen LogP contribution in [0.3, 0.4) is 0 Å². The van der Waals surface area contributed by atoms with Crippen molar-refractivity contribution < 1.29 is 19.4 Å². The predicted octanol–water partition coefficient (Wildman–Crippen LogP) is 3.74. The molecular formula is C22H25NO4. The zero-order valence-electron chi connectivity index (χ0n) is 15.3. The van der Waals surface area contributed by atoms with E-state index >= 15 is 0 Å².